The molecule has 2 rings (SSSR count). The number of nitro benzene ring substituents is 1. The molecule has 1 N–H and O–H groups in total. The zero-order chi connectivity index (χ0) is 16.9. The third kappa shape index (κ3) is 4.41. The molecule has 0 aliphatic rings. The highest BCUT2D eigenvalue weighted by Crippen LogP contribution is 2.24. The molecule has 0 bridgehead atoms. The van der Waals surface area contributed by atoms with E-state index >= 15 is 0 Å². The molecule has 0 aliphatic carbocycles. The Morgan fingerprint density at radius 3 is 2.48 bits per heavy atom. The summed E-state index contributed by atoms with van der Waals surface area (Å²) in [7, 11) is -4.01. The van der Waals surface area contributed by atoms with Crippen LogP contribution in [-0.4, -0.2) is 26.5 Å². The fraction of sp³-hybridized carbons (Fsp3) is 0.143. The van der Waals surface area contributed by atoms with Crippen molar-refractivity contribution in [3.05, 3.63) is 63.7 Å². The van der Waals surface area contributed by atoms with E-state index in [1.807, 2.05) is 0 Å². The van der Waals surface area contributed by atoms with Crippen LogP contribution in [0.3, 0.4) is 0 Å². The van der Waals surface area contributed by atoms with Crippen molar-refractivity contribution in [2.75, 3.05) is 13.2 Å². The van der Waals surface area contributed by atoms with Gasteiger partial charge in [-0.25, -0.2) is 13.1 Å². The molecule has 122 valence electrons. The van der Waals surface area contributed by atoms with E-state index in [-0.39, 0.29) is 18.0 Å². The Hall–Kier alpha value is -2.16. The van der Waals surface area contributed by atoms with E-state index in [0.29, 0.717) is 10.8 Å². The predicted octanol–water partition coefficient (Wildman–Crippen LogP) is 2.61. The van der Waals surface area contributed by atoms with Crippen LogP contribution in [0.4, 0.5) is 5.69 Å². The van der Waals surface area contributed by atoms with Crippen molar-refractivity contribution >= 4 is 27.3 Å². The van der Waals surface area contributed by atoms with E-state index in [0.717, 1.165) is 6.07 Å². The molecule has 0 heterocycles. The van der Waals surface area contributed by atoms with Crippen LogP contribution in [0.2, 0.25) is 5.02 Å². The minimum absolute atomic E-state index is 0.0313. The van der Waals surface area contributed by atoms with Gasteiger partial charge >= 0.3 is 0 Å². The molecule has 0 amide bonds. The molecule has 0 radical (unpaired) electrons. The van der Waals surface area contributed by atoms with Crippen molar-refractivity contribution in [2.45, 2.75) is 4.90 Å². The van der Waals surface area contributed by atoms with Crippen LogP contribution in [0.25, 0.3) is 0 Å². The first-order valence-electron chi connectivity index (χ1n) is 6.52. The lowest BCUT2D eigenvalue weighted by Gasteiger charge is -2.09. The summed E-state index contributed by atoms with van der Waals surface area (Å²) in [5, 5.41) is 11.3. The van der Waals surface area contributed by atoms with E-state index in [9.17, 15) is 18.5 Å². The van der Waals surface area contributed by atoms with Crippen LogP contribution in [0, 0.1) is 10.1 Å². The van der Waals surface area contributed by atoms with Crippen LogP contribution in [0.5, 0.6) is 5.75 Å². The number of nitrogens with one attached hydrogen (secondary N) is 1. The summed E-state index contributed by atoms with van der Waals surface area (Å²) in [4.78, 5) is 9.77. The topological polar surface area (TPSA) is 98.5 Å². The number of benzene rings is 2. The molecule has 0 aromatic heterocycles. The fourth-order valence-corrected chi connectivity index (χ4v) is 3.19. The number of nitro groups is 1. The van der Waals surface area contributed by atoms with Gasteiger partial charge in [0.25, 0.3) is 5.69 Å². The lowest BCUT2D eigenvalue weighted by Crippen LogP contribution is -2.28. The zero-order valence-corrected chi connectivity index (χ0v) is 13.4. The minimum Gasteiger partial charge on any atom is -0.491 e. The van der Waals surface area contributed by atoms with Crippen LogP contribution >= 0.6 is 11.6 Å². The highest BCUT2D eigenvalue weighted by Gasteiger charge is 2.24. The first-order valence-corrected chi connectivity index (χ1v) is 8.38. The highest BCUT2D eigenvalue weighted by molar-refractivity contribution is 7.89. The van der Waals surface area contributed by atoms with Crippen LogP contribution < -0.4 is 9.46 Å². The average molecular weight is 357 g/mol. The normalized spacial score (nSPS) is 11.2. The van der Waals surface area contributed by atoms with E-state index in [4.69, 9.17) is 16.3 Å². The monoisotopic (exact) mass is 356 g/mol. The number of rotatable bonds is 7. The number of sulfonamides is 1. The second-order valence-corrected chi connectivity index (χ2v) is 6.54. The molecular formula is C14H13ClN2O5S. The summed E-state index contributed by atoms with van der Waals surface area (Å²) in [6.07, 6.45) is 0. The molecule has 0 spiro atoms. The Balaban J connectivity index is 2.00. The molecule has 0 unspecified atom stereocenters. The number of ether oxygens (including phenoxy) is 1. The quantitative estimate of drug-likeness (QED) is 0.467. The Labute approximate surface area is 138 Å². The van der Waals surface area contributed by atoms with Gasteiger partial charge in [0, 0.05) is 12.6 Å². The van der Waals surface area contributed by atoms with Crippen molar-refractivity contribution in [3.8, 4) is 5.75 Å². The van der Waals surface area contributed by atoms with Gasteiger partial charge in [-0.05, 0) is 18.2 Å². The first-order chi connectivity index (χ1) is 10.9. The molecule has 0 saturated carbocycles. The number of para-hydroxylation sites is 2. The zero-order valence-electron chi connectivity index (χ0n) is 11.8. The Morgan fingerprint density at radius 1 is 1.13 bits per heavy atom. The van der Waals surface area contributed by atoms with Crippen molar-refractivity contribution < 1.29 is 18.1 Å². The van der Waals surface area contributed by atoms with Gasteiger partial charge in [0.15, 0.2) is 4.90 Å². The maximum atomic E-state index is 12.1. The molecule has 7 nitrogen and oxygen atoms in total. The molecule has 2 aromatic carbocycles. The summed E-state index contributed by atoms with van der Waals surface area (Å²) < 4.78 is 31.9. The van der Waals surface area contributed by atoms with Gasteiger partial charge in [0.05, 0.1) is 9.95 Å². The summed E-state index contributed by atoms with van der Waals surface area (Å²) >= 11 is 5.91. The first kappa shape index (κ1) is 17.2. The molecular weight excluding hydrogens is 344 g/mol. The third-order valence-corrected chi connectivity index (χ3v) is 4.66. The number of hydrogen-bond donors (Lipinski definition) is 1. The summed E-state index contributed by atoms with van der Waals surface area (Å²) in [6, 6.07) is 11.9. The van der Waals surface area contributed by atoms with Crippen LogP contribution in [0.15, 0.2) is 53.4 Å². The van der Waals surface area contributed by atoms with E-state index in [2.05, 4.69) is 4.72 Å². The Kier molecular flexibility index (Phi) is 5.54. The minimum atomic E-state index is -4.01. The molecule has 23 heavy (non-hydrogen) atoms. The van der Waals surface area contributed by atoms with Crippen molar-refractivity contribution in [3.63, 3.8) is 0 Å². The number of hydrogen-bond acceptors (Lipinski definition) is 5. The SMILES string of the molecule is O=[N+]([O-])c1ccccc1S(=O)(=O)NCCOc1ccccc1Cl. The second kappa shape index (κ2) is 7.40. The number of halogens is 1. The highest BCUT2D eigenvalue weighted by atomic mass is 35.5. The van der Waals surface area contributed by atoms with Gasteiger partial charge in [-0.3, -0.25) is 10.1 Å². The van der Waals surface area contributed by atoms with E-state index < -0.39 is 20.6 Å². The Bertz CT molecular complexity index is 810. The largest absolute Gasteiger partial charge is 0.491 e. The van der Waals surface area contributed by atoms with E-state index in [1.54, 1.807) is 24.3 Å². The fourth-order valence-electron chi connectivity index (χ4n) is 1.81. The van der Waals surface area contributed by atoms with Gasteiger partial charge in [0.1, 0.15) is 12.4 Å². The summed E-state index contributed by atoms with van der Waals surface area (Å²) in [5.74, 6) is 0.430. The maximum absolute atomic E-state index is 12.1. The number of nitrogens with zero attached hydrogens (tertiary/aromatic N) is 1. The smallest absolute Gasteiger partial charge is 0.289 e. The van der Waals surface area contributed by atoms with Gasteiger partial charge in [-0.1, -0.05) is 35.9 Å². The lowest BCUT2D eigenvalue weighted by atomic mass is 10.3. The molecule has 0 atom stereocenters. The summed E-state index contributed by atoms with van der Waals surface area (Å²) in [6.45, 7) is -0.0246. The average Bonchev–Trinajstić information content (AvgIpc) is 2.53. The molecule has 0 saturated heterocycles. The van der Waals surface area contributed by atoms with Gasteiger partial charge in [-0.2, -0.15) is 0 Å². The summed E-state index contributed by atoms with van der Waals surface area (Å²) in [5.41, 5.74) is -0.480. The predicted molar refractivity (Wildman–Crippen MR) is 85.2 cm³/mol. The Morgan fingerprint density at radius 2 is 1.78 bits per heavy atom. The third-order valence-electron chi connectivity index (χ3n) is 2.84. The van der Waals surface area contributed by atoms with E-state index in [1.165, 1.54) is 18.2 Å². The molecule has 0 aliphatic heterocycles. The second-order valence-electron chi connectivity index (χ2n) is 4.40. The maximum Gasteiger partial charge on any atom is 0.289 e. The van der Waals surface area contributed by atoms with Crippen molar-refractivity contribution in [2.24, 2.45) is 0 Å². The van der Waals surface area contributed by atoms with Gasteiger partial charge in [-0.15, -0.1) is 0 Å². The van der Waals surface area contributed by atoms with Crippen LogP contribution in [-0.2, 0) is 10.0 Å². The molecule has 0 fully saturated rings. The van der Waals surface area contributed by atoms with Gasteiger partial charge in [0.2, 0.25) is 10.0 Å². The van der Waals surface area contributed by atoms with Crippen molar-refractivity contribution in [1.29, 1.82) is 0 Å². The van der Waals surface area contributed by atoms with Crippen molar-refractivity contribution in [1.82, 2.24) is 4.72 Å². The molecule has 9 heteroatoms. The molecule has 2 aromatic rings. The van der Waals surface area contributed by atoms with Gasteiger partial charge < -0.3 is 4.74 Å². The lowest BCUT2D eigenvalue weighted by molar-refractivity contribution is -0.387. The van der Waals surface area contributed by atoms with Crippen LogP contribution in [0.1, 0.15) is 0 Å². The standard InChI is InChI=1S/C14H13ClN2O5S/c15-11-5-1-3-7-13(11)22-10-9-16-23(20,21)14-8-4-2-6-12(14)17(18)19/h1-8,16H,9-10H2.